The first-order valence-electron chi connectivity index (χ1n) is 5.74. The summed E-state index contributed by atoms with van der Waals surface area (Å²) in [4.78, 5) is 1.39. The monoisotopic (exact) mass is 242 g/mol. The highest BCUT2D eigenvalue weighted by Crippen LogP contribution is 2.30. The standard InChI is InChI=1S/C12H22OSSi/c1-5-6-8-11(13-15(2,3)4)12-9-7-10-14-12/h7,9-11H,5-6,8H2,1-4H3. The summed E-state index contributed by atoms with van der Waals surface area (Å²) in [5.41, 5.74) is 0. The Hall–Kier alpha value is -0.123. The van der Waals surface area contributed by atoms with Crippen LogP contribution >= 0.6 is 11.3 Å². The van der Waals surface area contributed by atoms with E-state index in [-0.39, 0.29) is 0 Å². The van der Waals surface area contributed by atoms with Crippen molar-refractivity contribution in [2.24, 2.45) is 0 Å². The average Bonchev–Trinajstić information content (AvgIpc) is 2.63. The lowest BCUT2D eigenvalue weighted by Gasteiger charge is -2.25. The maximum absolute atomic E-state index is 6.23. The molecular formula is C12H22OSSi. The van der Waals surface area contributed by atoms with E-state index in [1.807, 2.05) is 11.3 Å². The molecule has 3 heteroatoms. The van der Waals surface area contributed by atoms with E-state index in [0.29, 0.717) is 6.10 Å². The zero-order valence-electron chi connectivity index (χ0n) is 10.2. The SMILES string of the molecule is CCCCC(O[Si](C)(C)C)c1cccs1. The van der Waals surface area contributed by atoms with Gasteiger partial charge < -0.3 is 4.43 Å². The van der Waals surface area contributed by atoms with Crippen molar-refractivity contribution < 1.29 is 4.43 Å². The van der Waals surface area contributed by atoms with Crippen LogP contribution in [0.2, 0.25) is 19.6 Å². The van der Waals surface area contributed by atoms with Gasteiger partial charge >= 0.3 is 0 Å². The number of unbranched alkanes of at least 4 members (excludes halogenated alkanes) is 1. The van der Waals surface area contributed by atoms with Crippen molar-refractivity contribution in [3.8, 4) is 0 Å². The second-order valence-electron chi connectivity index (χ2n) is 4.88. The van der Waals surface area contributed by atoms with Gasteiger partial charge in [0.05, 0.1) is 6.10 Å². The maximum Gasteiger partial charge on any atom is 0.184 e. The Kier molecular flexibility index (Phi) is 5.03. The molecule has 0 fully saturated rings. The van der Waals surface area contributed by atoms with E-state index in [1.54, 1.807) is 0 Å². The molecule has 0 saturated heterocycles. The highest BCUT2D eigenvalue weighted by atomic mass is 32.1. The van der Waals surface area contributed by atoms with Gasteiger partial charge in [-0.15, -0.1) is 11.3 Å². The zero-order chi connectivity index (χ0) is 11.3. The first-order chi connectivity index (χ1) is 7.03. The Morgan fingerprint density at radius 3 is 2.60 bits per heavy atom. The molecule has 15 heavy (non-hydrogen) atoms. The normalized spacial score (nSPS) is 14.1. The number of thiophene rings is 1. The molecule has 1 atom stereocenters. The van der Waals surface area contributed by atoms with Crippen molar-refractivity contribution in [2.45, 2.75) is 51.9 Å². The van der Waals surface area contributed by atoms with E-state index in [4.69, 9.17) is 4.43 Å². The van der Waals surface area contributed by atoms with E-state index in [0.717, 1.165) is 0 Å². The van der Waals surface area contributed by atoms with Crippen LogP contribution in [0.4, 0.5) is 0 Å². The van der Waals surface area contributed by atoms with Gasteiger partial charge in [0.1, 0.15) is 0 Å². The number of hydrogen-bond acceptors (Lipinski definition) is 2. The molecule has 0 aromatic carbocycles. The molecule has 1 aromatic rings. The quantitative estimate of drug-likeness (QED) is 0.649. The molecule has 86 valence electrons. The lowest BCUT2D eigenvalue weighted by Crippen LogP contribution is -2.27. The summed E-state index contributed by atoms with van der Waals surface area (Å²) in [5.74, 6) is 0. The molecule has 0 amide bonds. The third-order valence-corrected chi connectivity index (χ3v) is 4.13. The summed E-state index contributed by atoms with van der Waals surface area (Å²) >= 11 is 1.82. The Morgan fingerprint density at radius 1 is 1.40 bits per heavy atom. The second kappa shape index (κ2) is 5.82. The van der Waals surface area contributed by atoms with Crippen LogP contribution in [0.1, 0.15) is 37.2 Å². The molecule has 0 saturated carbocycles. The minimum Gasteiger partial charge on any atom is -0.410 e. The summed E-state index contributed by atoms with van der Waals surface area (Å²) in [6.45, 7) is 9.03. The minimum absolute atomic E-state index is 0.344. The minimum atomic E-state index is -1.42. The molecule has 1 aromatic heterocycles. The van der Waals surface area contributed by atoms with Crippen molar-refractivity contribution in [3.05, 3.63) is 22.4 Å². The molecule has 0 aliphatic rings. The van der Waals surface area contributed by atoms with Crippen LogP contribution in [-0.4, -0.2) is 8.32 Å². The molecule has 1 rings (SSSR count). The number of rotatable bonds is 6. The third kappa shape index (κ3) is 4.95. The molecule has 1 unspecified atom stereocenters. The summed E-state index contributed by atoms with van der Waals surface area (Å²) < 4.78 is 6.23. The van der Waals surface area contributed by atoms with Gasteiger partial charge in [0.15, 0.2) is 8.32 Å². The number of hydrogen-bond donors (Lipinski definition) is 0. The van der Waals surface area contributed by atoms with Gasteiger partial charge in [-0.3, -0.25) is 0 Å². The summed E-state index contributed by atoms with van der Waals surface area (Å²) in [6, 6.07) is 4.32. The average molecular weight is 242 g/mol. The predicted octanol–water partition coefficient (Wildman–Crippen LogP) is 4.83. The van der Waals surface area contributed by atoms with E-state index < -0.39 is 8.32 Å². The van der Waals surface area contributed by atoms with Gasteiger partial charge in [-0.25, -0.2) is 0 Å². The smallest absolute Gasteiger partial charge is 0.184 e. The van der Waals surface area contributed by atoms with E-state index in [1.165, 1.54) is 24.1 Å². The molecular weight excluding hydrogens is 220 g/mol. The Morgan fingerprint density at radius 2 is 2.13 bits per heavy atom. The van der Waals surface area contributed by atoms with Gasteiger partial charge in [0.25, 0.3) is 0 Å². The first kappa shape index (κ1) is 12.9. The first-order valence-corrected chi connectivity index (χ1v) is 10.0. The van der Waals surface area contributed by atoms with Gasteiger partial charge in [-0.1, -0.05) is 25.8 Å². The Balaban J connectivity index is 2.62. The molecule has 1 nitrogen and oxygen atoms in total. The topological polar surface area (TPSA) is 9.23 Å². The van der Waals surface area contributed by atoms with Crippen LogP contribution in [0.15, 0.2) is 17.5 Å². The van der Waals surface area contributed by atoms with Crippen LogP contribution in [0, 0.1) is 0 Å². The third-order valence-electron chi connectivity index (χ3n) is 2.18. The van der Waals surface area contributed by atoms with Crippen molar-refractivity contribution in [3.63, 3.8) is 0 Å². The van der Waals surface area contributed by atoms with E-state index >= 15 is 0 Å². The van der Waals surface area contributed by atoms with Crippen LogP contribution < -0.4 is 0 Å². The lowest BCUT2D eigenvalue weighted by atomic mass is 10.1. The summed E-state index contributed by atoms with van der Waals surface area (Å²) in [7, 11) is -1.42. The van der Waals surface area contributed by atoms with Crippen LogP contribution in [0.25, 0.3) is 0 Å². The summed E-state index contributed by atoms with van der Waals surface area (Å²) in [6.07, 6.45) is 4.02. The maximum atomic E-state index is 6.23. The van der Waals surface area contributed by atoms with E-state index in [2.05, 4.69) is 44.1 Å². The molecule has 0 aliphatic heterocycles. The Bertz CT molecular complexity index is 264. The fourth-order valence-electron chi connectivity index (χ4n) is 1.55. The molecule has 0 N–H and O–H groups in total. The van der Waals surface area contributed by atoms with Gasteiger partial charge in [-0.2, -0.15) is 0 Å². The molecule has 0 aliphatic carbocycles. The van der Waals surface area contributed by atoms with Gasteiger partial charge in [0.2, 0.25) is 0 Å². The molecule has 0 bridgehead atoms. The molecule has 0 radical (unpaired) electrons. The van der Waals surface area contributed by atoms with Crippen molar-refractivity contribution in [2.75, 3.05) is 0 Å². The van der Waals surface area contributed by atoms with Crippen LogP contribution in [0.5, 0.6) is 0 Å². The highest BCUT2D eigenvalue weighted by molar-refractivity contribution is 7.10. The fraction of sp³-hybridized carbons (Fsp3) is 0.667. The predicted molar refractivity (Wildman–Crippen MR) is 71.0 cm³/mol. The summed E-state index contributed by atoms with van der Waals surface area (Å²) in [5, 5.41) is 2.14. The van der Waals surface area contributed by atoms with Crippen LogP contribution in [0.3, 0.4) is 0 Å². The zero-order valence-corrected chi connectivity index (χ0v) is 12.1. The molecule has 1 heterocycles. The van der Waals surface area contributed by atoms with Gasteiger partial charge in [0, 0.05) is 4.88 Å². The largest absolute Gasteiger partial charge is 0.410 e. The van der Waals surface area contributed by atoms with Crippen LogP contribution in [-0.2, 0) is 4.43 Å². The van der Waals surface area contributed by atoms with Gasteiger partial charge in [-0.05, 0) is 37.5 Å². The highest BCUT2D eigenvalue weighted by Gasteiger charge is 2.22. The van der Waals surface area contributed by atoms with Crippen molar-refractivity contribution in [1.82, 2.24) is 0 Å². The fourth-order valence-corrected chi connectivity index (χ4v) is 3.52. The lowest BCUT2D eigenvalue weighted by molar-refractivity contribution is 0.187. The second-order valence-corrected chi connectivity index (χ2v) is 10.3. The molecule has 0 spiro atoms. The van der Waals surface area contributed by atoms with E-state index in [9.17, 15) is 0 Å². The van der Waals surface area contributed by atoms with Crippen molar-refractivity contribution >= 4 is 19.7 Å². The Labute approximate surface area is 98.6 Å². The van der Waals surface area contributed by atoms with Crippen molar-refractivity contribution in [1.29, 1.82) is 0 Å².